The van der Waals surface area contributed by atoms with Crippen LogP contribution in [0.4, 0.5) is 0 Å². The van der Waals surface area contributed by atoms with E-state index in [1.807, 2.05) is 19.0 Å². The molecule has 0 saturated carbocycles. The highest BCUT2D eigenvalue weighted by Crippen LogP contribution is 2.21. The van der Waals surface area contributed by atoms with Crippen molar-refractivity contribution >= 4 is 17.4 Å². The maximum atomic E-state index is 13.0. The fraction of sp³-hybridized carbons (Fsp3) is 0.800. The van der Waals surface area contributed by atoms with Crippen LogP contribution in [0.15, 0.2) is 0 Å². The molecule has 1 aliphatic heterocycles. The Labute approximate surface area is 136 Å². The lowest BCUT2D eigenvalue weighted by atomic mass is 10.1. The number of aromatic nitrogens is 2. The molecule has 1 aromatic heterocycles. The second-order valence-electron chi connectivity index (χ2n) is 5.94. The zero-order chi connectivity index (χ0) is 15.9. The van der Waals surface area contributed by atoms with Crippen molar-refractivity contribution < 1.29 is 9.53 Å². The van der Waals surface area contributed by atoms with E-state index in [4.69, 9.17) is 4.74 Å². The third-order valence-corrected chi connectivity index (χ3v) is 4.67. The van der Waals surface area contributed by atoms with Crippen LogP contribution < -0.4 is 0 Å². The van der Waals surface area contributed by atoms with Crippen LogP contribution in [-0.4, -0.2) is 71.7 Å². The number of amides is 1. The Balaban J connectivity index is 2.14. The van der Waals surface area contributed by atoms with E-state index in [9.17, 15) is 4.79 Å². The number of hydrogen-bond acceptors (Lipinski definition) is 6. The summed E-state index contributed by atoms with van der Waals surface area (Å²) in [6, 6.07) is 0.262. The summed E-state index contributed by atoms with van der Waals surface area (Å²) < 4.78 is 9.43. The standard InChI is InChI=1S/C15H26N4O2S/c1-4-5-13-14(22-17-16-13)15(20)19(9-8-18(2)3)12-6-10-21-11-7-12/h12H,4-11H2,1-3H3. The third kappa shape index (κ3) is 4.47. The Morgan fingerprint density at radius 3 is 2.68 bits per heavy atom. The second kappa shape index (κ2) is 8.55. The molecule has 0 N–H and O–H groups in total. The summed E-state index contributed by atoms with van der Waals surface area (Å²) in [6.07, 6.45) is 3.61. The zero-order valence-electron chi connectivity index (χ0n) is 13.7. The molecule has 2 heterocycles. The lowest BCUT2D eigenvalue weighted by molar-refractivity contribution is 0.0278. The topological polar surface area (TPSA) is 58.6 Å². The molecular weight excluding hydrogens is 300 g/mol. The summed E-state index contributed by atoms with van der Waals surface area (Å²) in [6.45, 7) is 5.16. The molecule has 22 heavy (non-hydrogen) atoms. The molecule has 124 valence electrons. The van der Waals surface area contributed by atoms with Crippen LogP contribution in [0.3, 0.4) is 0 Å². The summed E-state index contributed by atoms with van der Waals surface area (Å²) in [5.41, 5.74) is 0.847. The first-order valence-corrected chi connectivity index (χ1v) is 8.75. The van der Waals surface area contributed by atoms with Gasteiger partial charge in [-0.1, -0.05) is 17.8 Å². The van der Waals surface area contributed by atoms with Crippen molar-refractivity contribution in [2.75, 3.05) is 40.4 Å². The second-order valence-corrected chi connectivity index (χ2v) is 6.70. The Morgan fingerprint density at radius 2 is 2.05 bits per heavy atom. The van der Waals surface area contributed by atoms with E-state index < -0.39 is 0 Å². The number of hydrogen-bond donors (Lipinski definition) is 0. The largest absolute Gasteiger partial charge is 0.381 e. The maximum absolute atomic E-state index is 13.0. The quantitative estimate of drug-likeness (QED) is 0.763. The number of likely N-dealkylation sites (N-methyl/N-ethyl adjacent to an activating group) is 1. The Kier molecular flexibility index (Phi) is 6.72. The molecule has 1 amide bonds. The van der Waals surface area contributed by atoms with Gasteiger partial charge in [0.1, 0.15) is 4.88 Å². The molecule has 1 aromatic rings. The molecule has 0 spiro atoms. The molecule has 1 fully saturated rings. The summed E-state index contributed by atoms with van der Waals surface area (Å²) in [4.78, 5) is 17.8. The highest BCUT2D eigenvalue weighted by Gasteiger charge is 2.29. The lowest BCUT2D eigenvalue weighted by Crippen LogP contribution is -2.46. The average Bonchev–Trinajstić information content (AvgIpc) is 2.97. The van der Waals surface area contributed by atoms with Gasteiger partial charge < -0.3 is 14.5 Å². The molecule has 1 aliphatic rings. The van der Waals surface area contributed by atoms with Gasteiger partial charge in [-0.05, 0) is 44.9 Å². The highest BCUT2D eigenvalue weighted by atomic mass is 32.1. The number of carbonyl (C=O) groups is 1. The van der Waals surface area contributed by atoms with Crippen LogP contribution in [0.25, 0.3) is 0 Å². The van der Waals surface area contributed by atoms with Crippen LogP contribution in [-0.2, 0) is 11.2 Å². The Hall–Kier alpha value is -1.05. The lowest BCUT2D eigenvalue weighted by Gasteiger charge is -2.34. The van der Waals surface area contributed by atoms with Crippen molar-refractivity contribution in [1.82, 2.24) is 19.4 Å². The Bertz CT molecular complexity index is 472. The smallest absolute Gasteiger partial charge is 0.267 e. The van der Waals surface area contributed by atoms with E-state index >= 15 is 0 Å². The number of rotatable bonds is 7. The van der Waals surface area contributed by atoms with Gasteiger partial charge in [0.25, 0.3) is 5.91 Å². The number of ether oxygens (including phenoxy) is 1. The molecule has 6 nitrogen and oxygen atoms in total. The summed E-state index contributed by atoms with van der Waals surface area (Å²) >= 11 is 1.23. The first-order valence-electron chi connectivity index (χ1n) is 7.98. The van der Waals surface area contributed by atoms with Gasteiger partial charge in [-0.3, -0.25) is 4.79 Å². The van der Waals surface area contributed by atoms with E-state index in [2.05, 4.69) is 21.4 Å². The number of carbonyl (C=O) groups excluding carboxylic acids is 1. The van der Waals surface area contributed by atoms with Crippen molar-refractivity contribution in [3.63, 3.8) is 0 Å². The van der Waals surface area contributed by atoms with Gasteiger partial charge in [0.05, 0.1) is 5.69 Å². The molecule has 7 heteroatoms. The maximum Gasteiger partial charge on any atom is 0.267 e. The van der Waals surface area contributed by atoms with Gasteiger partial charge in [-0.15, -0.1) is 5.10 Å². The molecule has 0 aromatic carbocycles. The summed E-state index contributed by atoms with van der Waals surface area (Å²) in [5.74, 6) is 0.0900. The predicted octanol–water partition coefficient (Wildman–Crippen LogP) is 1.67. The van der Waals surface area contributed by atoms with Gasteiger partial charge in [-0.2, -0.15) is 0 Å². The van der Waals surface area contributed by atoms with Gasteiger partial charge in [0, 0.05) is 32.3 Å². The molecule has 0 unspecified atom stereocenters. The minimum absolute atomic E-state index is 0.0900. The van der Waals surface area contributed by atoms with Crippen LogP contribution in [0.1, 0.15) is 41.6 Å². The van der Waals surface area contributed by atoms with E-state index in [1.54, 1.807) is 0 Å². The normalized spacial score (nSPS) is 16.2. The number of aryl methyl sites for hydroxylation is 1. The van der Waals surface area contributed by atoms with Crippen molar-refractivity contribution in [3.05, 3.63) is 10.6 Å². The fourth-order valence-electron chi connectivity index (χ4n) is 2.66. The van der Waals surface area contributed by atoms with Gasteiger partial charge in [0.15, 0.2) is 0 Å². The SMILES string of the molecule is CCCc1nnsc1C(=O)N(CCN(C)C)C1CCOCC1. The van der Waals surface area contributed by atoms with Crippen LogP contribution >= 0.6 is 11.5 Å². The third-order valence-electron chi connectivity index (χ3n) is 3.92. The molecule has 2 rings (SSSR count). The van der Waals surface area contributed by atoms with Gasteiger partial charge >= 0.3 is 0 Å². The molecular formula is C15H26N4O2S. The van der Waals surface area contributed by atoms with E-state index in [0.29, 0.717) is 4.88 Å². The van der Waals surface area contributed by atoms with Gasteiger partial charge in [-0.25, -0.2) is 0 Å². The molecule has 0 bridgehead atoms. The first kappa shape index (κ1) is 17.3. The summed E-state index contributed by atoms with van der Waals surface area (Å²) in [7, 11) is 4.06. The highest BCUT2D eigenvalue weighted by molar-refractivity contribution is 7.08. The molecule has 0 aliphatic carbocycles. The minimum atomic E-state index is 0.0900. The Morgan fingerprint density at radius 1 is 1.32 bits per heavy atom. The molecule has 0 atom stereocenters. The molecule has 1 saturated heterocycles. The van der Waals surface area contributed by atoms with E-state index in [0.717, 1.165) is 57.7 Å². The van der Waals surface area contributed by atoms with Crippen molar-refractivity contribution in [1.29, 1.82) is 0 Å². The fourth-order valence-corrected chi connectivity index (χ4v) is 3.32. The number of nitrogens with zero attached hydrogens (tertiary/aromatic N) is 4. The van der Waals surface area contributed by atoms with Crippen molar-refractivity contribution in [2.45, 2.75) is 38.6 Å². The zero-order valence-corrected chi connectivity index (χ0v) is 14.6. The average molecular weight is 326 g/mol. The van der Waals surface area contributed by atoms with Crippen LogP contribution in [0.2, 0.25) is 0 Å². The van der Waals surface area contributed by atoms with Crippen molar-refractivity contribution in [3.8, 4) is 0 Å². The minimum Gasteiger partial charge on any atom is -0.381 e. The van der Waals surface area contributed by atoms with E-state index in [1.165, 1.54) is 11.5 Å². The van der Waals surface area contributed by atoms with Crippen molar-refractivity contribution in [2.24, 2.45) is 0 Å². The molecule has 0 radical (unpaired) electrons. The summed E-state index contributed by atoms with van der Waals surface area (Å²) in [5, 5.41) is 4.14. The monoisotopic (exact) mass is 326 g/mol. The van der Waals surface area contributed by atoms with Crippen LogP contribution in [0.5, 0.6) is 0 Å². The van der Waals surface area contributed by atoms with Crippen LogP contribution in [0, 0.1) is 0 Å². The van der Waals surface area contributed by atoms with E-state index in [-0.39, 0.29) is 11.9 Å². The first-order chi connectivity index (χ1) is 10.6. The predicted molar refractivity (Wildman–Crippen MR) is 87.3 cm³/mol. The van der Waals surface area contributed by atoms with Gasteiger partial charge in [0.2, 0.25) is 0 Å².